The van der Waals surface area contributed by atoms with E-state index in [9.17, 15) is 35.9 Å². The quantitative estimate of drug-likeness (QED) is 0.0602. The van der Waals surface area contributed by atoms with Crippen molar-refractivity contribution in [3.63, 3.8) is 0 Å². The molecule has 1 aliphatic rings. The number of carbonyl (C=O) groups is 2. The number of aromatic amines is 1. The van der Waals surface area contributed by atoms with Gasteiger partial charge >= 0.3 is 18.3 Å². The highest BCUT2D eigenvalue weighted by Crippen LogP contribution is 2.34. The highest BCUT2D eigenvalue weighted by Gasteiger charge is 2.32. The zero-order valence-corrected chi connectivity index (χ0v) is 35.7. The summed E-state index contributed by atoms with van der Waals surface area (Å²) in [5, 5.41) is 0. The van der Waals surface area contributed by atoms with Crippen molar-refractivity contribution in [2.75, 3.05) is 26.8 Å². The van der Waals surface area contributed by atoms with Gasteiger partial charge in [0.2, 0.25) is 0 Å². The summed E-state index contributed by atoms with van der Waals surface area (Å²) in [7, 11) is 0.0229. The van der Waals surface area contributed by atoms with Crippen LogP contribution in [0.5, 0.6) is 0 Å². The number of halogens is 6. The third kappa shape index (κ3) is 11.9. The Morgan fingerprint density at radius 3 is 1.97 bits per heavy atom. The molecule has 0 aliphatic carbocycles. The maximum Gasteiger partial charge on any atom is 0.416 e. The number of nitrogens with one attached hydrogen (secondary N) is 1. The van der Waals surface area contributed by atoms with Crippen molar-refractivity contribution >= 4 is 20.0 Å². The molecule has 1 aliphatic heterocycles. The van der Waals surface area contributed by atoms with E-state index in [2.05, 4.69) is 34.6 Å². The molecular weight excluding hydrogens is 829 g/mol. The molecule has 62 heavy (non-hydrogen) atoms. The highest BCUT2D eigenvalue weighted by atomic mass is 28.3. The van der Waals surface area contributed by atoms with Gasteiger partial charge in [-0.1, -0.05) is 68.2 Å². The number of alkyl halides is 6. The topological polar surface area (TPSA) is 102 Å². The molecule has 0 saturated carbocycles. The predicted octanol–water partition coefficient (Wildman–Crippen LogP) is 11.7. The number of hydrogen-bond donors (Lipinski definition) is 1. The molecule has 16 heteroatoms. The minimum Gasteiger partial charge on any atom is -0.465 e. The van der Waals surface area contributed by atoms with Gasteiger partial charge in [-0.15, -0.1) is 0 Å². The van der Waals surface area contributed by atoms with E-state index in [1.54, 1.807) is 65.4 Å². The van der Waals surface area contributed by atoms with E-state index in [0.29, 0.717) is 63.0 Å². The molecule has 4 aromatic carbocycles. The van der Waals surface area contributed by atoms with Gasteiger partial charge in [-0.25, -0.2) is 14.8 Å². The van der Waals surface area contributed by atoms with Crippen LogP contribution >= 0.6 is 0 Å². The average Bonchev–Trinajstić information content (AvgIpc) is 3.93. The van der Waals surface area contributed by atoms with Crippen molar-refractivity contribution in [2.45, 2.75) is 64.0 Å². The van der Waals surface area contributed by atoms with Crippen LogP contribution in [-0.4, -0.2) is 71.2 Å². The number of H-pyrrole nitrogens is 1. The van der Waals surface area contributed by atoms with Crippen LogP contribution in [0, 0.1) is 0 Å². The third-order valence-corrected chi connectivity index (χ3v) is 11.8. The van der Waals surface area contributed by atoms with Crippen LogP contribution < -0.4 is 0 Å². The Labute approximate surface area is 356 Å². The largest absolute Gasteiger partial charge is 0.465 e. The van der Waals surface area contributed by atoms with Crippen LogP contribution in [0.15, 0.2) is 109 Å². The maximum absolute atomic E-state index is 13.2. The predicted molar refractivity (Wildman–Crippen MR) is 228 cm³/mol. The van der Waals surface area contributed by atoms with Crippen molar-refractivity contribution in [1.82, 2.24) is 24.4 Å². The second-order valence-corrected chi connectivity index (χ2v) is 21.7. The van der Waals surface area contributed by atoms with Crippen molar-refractivity contribution < 1.29 is 45.4 Å². The molecule has 0 radical (unpaired) electrons. The summed E-state index contributed by atoms with van der Waals surface area (Å²) in [5.74, 6) is 0.502. The fourth-order valence-electron chi connectivity index (χ4n) is 6.74. The molecule has 0 bridgehead atoms. The first-order valence-corrected chi connectivity index (χ1v) is 23.7. The first-order valence-electron chi connectivity index (χ1n) is 20.0. The molecule has 3 heterocycles. The van der Waals surface area contributed by atoms with E-state index < -0.39 is 37.5 Å². The number of rotatable bonds is 11. The number of amides is 1. The van der Waals surface area contributed by atoms with Gasteiger partial charge in [0.25, 0.3) is 5.91 Å². The van der Waals surface area contributed by atoms with Gasteiger partial charge in [0, 0.05) is 61.8 Å². The number of piperidine rings is 1. The molecule has 0 atom stereocenters. The van der Waals surface area contributed by atoms with E-state index in [-0.39, 0.29) is 12.6 Å². The van der Waals surface area contributed by atoms with Gasteiger partial charge in [-0.3, -0.25) is 4.79 Å². The number of ether oxygens (including phenoxy) is 2. The SMILES string of the molecule is COC(=O)c1cccc(-c2nc(-c3cccc(C(F)(F)F)c3)cn2COCC[Si](C)(C)C)c1.O=C(c1cccc(-c2ncc(-c3cccc(C(F)(F)F)c3)[nH]2)c1)N1CCCCC1. The van der Waals surface area contributed by atoms with E-state index in [0.717, 1.165) is 62.7 Å². The summed E-state index contributed by atoms with van der Waals surface area (Å²) in [6.07, 6.45) is -2.49. The Morgan fingerprint density at radius 2 is 1.32 bits per heavy atom. The minimum absolute atomic E-state index is 0.00351. The number of likely N-dealkylation sites (tertiary alicyclic amines) is 1. The van der Waals surface area contributed by atoms with Gasteiger partial charge in [-0.05, 0) is 73.8 Å². The lowest BCUT2D eigenvalue weighted by molar-refractivity contribution is -0.138. The minimum atomic E-state index is -4.45. The third-order valence-electron chi connectivity index (χ3n) is 10.1. The average molecular weight is 876 g/mol. The molecule has 0 spiro atoms. The van der Waals surface area contributed by atoms with Gasteiger partial charge in [0.15, 0.2) is 0 Å². The molecule has 9 nitrogen and oxygen atoms in total. The van der Waals surface area contributed by atoms with Crippen molar-refractivity contribution in [1.29, 1.82) is 0 Å². The second-order valence-electron chi connectivity index (χ2n) is 16.1. The zero-order chi connectivity index (χ0) is 44.7. The Morgan fingerprint density at radius 1 is 0.742 bits per heavy atom. The van der Waals surface area contributed by atoms with Crippen molar-refractivity contribution in [2.24, 2.45) is 0 Å². The van der Waals surface area contributed by atoms with Crippen LogP contribution in [0.1, 0.15) is 51.1 Å². The summed E-state index contributed by atoms with van der Waals surface area (Å²) in [5.41, 5.74) is 2.44. The monoisotopic (exact) mass is 875 g/mol. The van der Waals surface area contributed by atoms with Crippen LogP contribution in [0.25, 0.3) is 45.3 Å². The molecule has 0 unspecified atom stereocenters. The van der Waals surface area contributed by atoms with E-state index in [1.165, 1.54) is 25.4 Å². The van der Waals surface area contributed by atoms with Crippen molar-refractivity contribution in [3.05, 3.63) is 132 Å². The molecule has 2 aromatic heterocycles. The van der Waals surface area contributed by atoms with Crippen LogP contribution in [0.2, 0.25) is 25.7 Å². The van der Waals surface area contributed by atoms with Gasteiger partial charge in [0.1, 0.15) is 18.4 Å². The summed E-state index contributed by atoms with van der Waals surface area (Å²) >= 11 is 0. The van der Waals surface area contributed by atoms with E-state index in [1.807, 2.05) is 11.0 Å². The molecule has 1 saturated heterocycles. The first-order chi connectivity index (χ1) is 29.4. The van der Waals surface area contributed by atoms with Crippen LogP contribution in [0.3, 0.4) is 0 Å². The Bertz CT molecular complexity index is 2480. The van der Waals surface area contributed by atoms with E-state index in [4.69, 9.17) is 9.47 Å². The number of esters is 1. The number of aromatic nitrogens is 4. The lowest BCUT2D eigenvalue weighted by Gasteiger charge is -2.26. The number of nitrogens with zero attached hydrogens (tertiary/aromatic N) is 4. The van der Waals surface area contributed by atoms with Gasteiger partial charge < -0.3 is 23.9 Å². The number of benzene rings is 4. The number of hydrogen-bond acceptors (Lipinski definition) is 6. The Balaban J connectivity index is 0.000000208. The Hall–Kier alpha value is -6.00. The van der Waals surface area contributed by atoms with Gasteiger partial charge in [-0.2, -0.15) is 26.3 Å². The second kappa shape index (κ2) is 19.4. The number of imidazole rings is 2. The summed E-state index contributed by atoms with van der Waals surface area (Å²) in [6.45, 7) is 9.06. The summed E-state index contributed by atoms with van der Waals surface area (Å²) in [4.78, 5) is 38.5. The first kappa shape index (κ1) is 45.5. The summed E-state index contributed by atoms with van der Waals surface area (Å²) < 4.78 is 90.9. The Kier molecular flexibility index (Phi) is 14.2. The van der Waals surface area contributed by atoms with Crippen molar-refractivity contribution in [3.8, 4) is 45.3 Å². The smallest absolute Gasteiger partial charge is 0.416 e. The van der Waals surface area contributed by atoms with E-state index >= 15 is 0 Å². The molecule has 1 fully saturated rings. The molecule has 6 aromatic rings. The molecule has 326 valence electrons. The van der Waals surface area contributed by atoms with Crippen LogP contribution in [-0.2, 0) is 28.6 Å². The molecule has 1 N–H and O–H groups in total. The van der Waals surface area contributed by atoms with Gasteiger partial charge in [0.05, 0.1) is 41.4 Å². The standard InChI is InChI=1S/C24H27F3N2O3Si.C22H20F3N3O/c1-31-23(30)19-9-5-8-18(13-19)22-28-21(15-29(22)16-32-11-12-33(2,3)4)17-7-6-10-20(14-17)24(25,26)27;23-22(24,25)18-9-5-6-15(13-18)19-14-26-20(27-19)16-7-4-8-17(12-16)21(29)28-10-2-1-3-11-28/h5-10,13-15H,11-12,16H2,1-4H3;4-9,12-14H,1-3,10-11H2,(H,26,27). The maximum atomic E-state index is 13.2. The molecule has 1 amide bonds. The normalized spacial score (nSPS) is 13.4. The lowest BCUT2D eigenvalue weighted by atomic mass is 10.1. The molecule has 7 rings (SSSR count). The number of carbonyl (C=O) groups excluding carboxylic acids is 2. The van der Waals surface area contributed by atoms with Crippen LogP contribution in [0.4, 0.5) is 26.3 Å². The zero-order valence-electron chi connectivity index (χ0n) is 34.7. The fourth-order valence-corrected chi connectivity index (χ4v) is 7.50. The lowest BCUT2D eigenvalue weighted by Crippen LogP contribution is -2.35. The number of methoxy groups -OCH3 is 1. The molecular formula is C46H47F6N5O4Si. The summed E-state index contributed by atoms with van der Waals surface area (Å²) in [6, 6.07) is 25.0. The highest BCUT2D eigenvalue weighted by molar-refractivity contribution is 6.76. The fraction of sp³-hybridized carbons (Fsp3) is 0.304.